The van der Waals surface area contributed by atoms with Crippen molar-refractivity contribution in [3.05, 3.63) is 0 Å². The molecule has 18 heavy (non-hydrogen) atoms. The Bertz CT molecular complexity index is 186. The van der Waals surface area contributed by atoms with Crippen molar-refractivity contribution in [2.75, 3.05) is 12.5 Å². The molecule has 0 atom stereocenters. The van der Waals surface area contributed by atoms with E-state index in [1.807, 2.05) is 41.5 Å². The first-order valence-electron chi connectivity index (χ1n) is 6.54. The van der Waals surface area contributed by atoms with E-state index < -0.39 is 9.05 Å². The lowest BCUT2D eigenvalue weighted by atomic mass is 10.5. The van der Waals surface area contributed by atoms with Gasteiger partial charge >= 0.3 is 9.05 Å². The van der Waals surface area contributed by atoms with E-state index in [-0.39, 0.29) is 18.3 Å². The smallest absolute Gasteiger partial charge is 0.351 e. The van der Waals surface area contributed by atoms with Gasteiger partial charge in [-0.25, -0.2) is 0 Å². The van der Waals surface area contributed by atoms with E-state index in [0.717, 1.165) is 6.42 Å². The highest BCUT2D eigenvalue weighted by Crippen LogP contribution is 2.19. The highest BCUT2D eigenvalue weighted by Gasteiger charge is 2.48. The summed E-state index contributed by atoms with van der Waals surface area (Å²) >= 11 is 5.66. The predicted molar refractivity (Wildman–Crippen MR) is 75.7 cm³/mol. The number of rotatable bonds is 10. The lowest BCUT2D eigenvalue weighted by Crippen LogP contribution is -2.53. The topological polar surface area (TPSA) is 36.9 Å². The summed E-state index contributed by atoms with van der Waals surface area (Å²) in [6.45, 7) is 12.2. The van der Waals surface area contributed by atoms with Gasteiger partial charge in [-0.1, -0.05) is 0 Å². The van der Waals surface area contributed by atoms with Gasteiger partial charge in [0.15, 0.2) is 0 Å². The van der Waals surface area contributed by atoms with Gasteiger partial charge in [0.05, 0.1) is 0 Å². The lowest BCUT2D eigenvalue weighted by molar-refractivity contribution is -0.0744. The van der Waals surface area contributed by atoms with Crippen LogP contribution in [0.3, 0.4) is 0 Å². The van der Waals surface area contributed by atoms with Crippen LogP contribution in [0.15, 0.2) is 0 Å². The van der Waals surface area contributed by atoms with Gasteiger partial charge in [0.1, 0.15) is 0 Å². The number of hydrogen-bond acceptors (Lipinski definition) is 4. The van der Waals surface area contributed by atoms with Crippen molar-refractivity contribution in [3.63, 3.8) is 0 Å². The summed E-state index contributed by atoms with van der Waals surface area (Å²) in [5.41, 5.74) is 0. The summed E-state index contributed by atoms with van der Waals surface area (Å²) < 4.78 is 23.3. The molecule has 0 spiro atoms. The SMILES string of the molecule is CC(C)O[Si](OCCCCl)(OC(C)C)OC(C)C. The van der Waals surface area contributed by atoms with Gasteiger partial charge in [-0.05, 0) is 48.0 Å². The van der Waals surface area contributed by atoms with Crippen LogP contribution >= 0.6 is 11.6 Å². The Labute approximate surface area is 117 Å². The zero-order valence-electron chi connectivity index (χ0n) is 12.4. The van der Waals surface area contributed by atoms with Crippen molar-refractivity contribution >= 4 is 20.6 Å². The predicted octanol–water partition coefficient (Wildman–Crippen LogP) is 3.34. The number of alkyl halides is 1. The number of hydrogen-bond donors (Lipinski definition) is 0. The summed E-state index contributed by atoms with van der Waals surface area (Å²) in [5, 5.41) is 0. The van der Waals surface area contributed by atoms with Crippen LogP contribution in [0, 0.1) is 0 Å². The van der Waals surface area contributed by atoms with E-state index in [1.54, 1.807) is 0 Å². The van der Waals surface area contributed by atoms with E-state index in [1.165, 1.54) is 0 Å². The van der Waals surface area contributed by atoms with Crippen LogP contribution in [0.4, 0.5) is 0 Å². The Balaban J connectivity index is 4.74. The fraction of sp³-hybridized carbons (Fsp3) is 1.00. The van der Waals surface area contributed by atoms with E-state index >= 15 is 0 Å². The largest absolute Gasteiger partial charge is 0.680 e. The lowest BCUT2D eigenvalue weighted by Gasteiger charge is -2.32. The van der Waals surface area contributed by atoms with Gasteiger partial charge in [-0.15, -0.1) is 11.6 Å². The third kappa shape index (κ3) is 8.45. The van der Waals surface area contributed by atoms with Crippen LogP contribution in [-0.4, -0.2) is 39.8 Å². The molecule has 0 aliphatic heterocycles. The minimum absolute atomic E-state index is 0.00910. The Morgan fingerprint density at radius 3 is 1.50 bits per heavy atom. The maximum atomic E-state index is 5.84. The molecule has 0 saturated carbocycles. The van der Waals surface area contributed by atoms with Crippen LogP contribution in [0.25, 0.3) is 0 Å². The molecule has 0 radical (unpaired) electrons. The van der Waals surface area contributed by atoms with Crippen molar-refractivity contribution in [3.8, 4) is 0 Å². The summed E-state index contributed by atoms with van der Waals surface area (Å²) in [6, 6.07) is 0. The molecule has 0 rings (SSSR count). The second kappa shape index (κ2) is 9.28. The zero-order chi connectivity index (χ0) is 14.2. The van der Waals surface area contributed by atoms with Crippen molar-refractivity contribution in [1.29, 1.82) is 0 Å². The average Bonchev–Trinajstić information content (AvgIpc) is 2.13. The minimum Gasteiger partial charge on any atom is -0.351 e. The molecule has 0 aliphatic carbocycles. The Kier molecular flexibility index (Phi) is 9.46. The molecular formula is C12H27ClO4Si. The van der Waals surface area contributed by atoms with Crippen molar-refractivity contribution in [2.24, 2.45) is 0 Å². The van der Waals surface area contributed by atoms with Crippen LogP contribution in [0.2, 0.25) is 0 Å². The summed E-state index contributed by atoms with van der Waals surface area (Å²) in [4.78, 5) is 0. The van der Waals surface area contributed by atoms with Gasteiger partial charge in [0.2, 0.25) is 0 Å². The van der Waals surface area contributed by atoms with Gasteiger partial charge in [0.25, 0.3) is 0 Å². The first-order valence-corrected chi connectivity index (χ1v) is 8.71. The first kappa shape index (κ1) is 18.3. The van der Waals surface area contributed by atoms with Crippen molar-refractivity contribution in [2.45, 2.75) is 66.3 Å². The summed E-state index contributed by atoms with van der Waals surface area (Å²) in [5.74, 6) is 0.551. The summed E-state index contributed by atoms with van der Waals surface area (Å²) in [7, 11) is -3.08. The van der Waals surface area contributed by atoms with E-state index in [0.29, 0.717) is 12.5 Å². The second-order valence-corrected chi connectivity index (χ2v) is 7.26. The Morgan fingerprint density at radius 2 is 1.22 bits per heavy atom. The molecule has 0 aromatic heterocycles. The first-order chi connectivity index (χ1) is 8.31. The van der Waals surface area contributed by atoms with Crippen molar-refractivity contribution in [1.82, 2.24) is 0 Å². The molecule has 0 aliphatic rings. The molecule has 0 amide bonds. The quantitative estimate of drug-likeness (QED) is 0.352. The maximum absolute atomic E-state index is 5.84. The molecule has 0 aromatic carbocycles. The van der Waals surface area contributed by atoms with E-state index in [2.05, 4.69) is 0 Å². The molecule has 0 unspecified atom stereocenters. The highest BCUT2D eigenvalue weighted by atomic mass is 35.5. The van der Waals surface area contributed by atoms with Crippen molar-refractivity contribution < 1.29 is 17.7 Å². The molecule has 0 N–H and O–H groups in total. The molecule has 0 aromatic rings. The molecule has 0 heterocycles. The fourth-order valence-electron chi connectivity index (χ4n) is 1.30. The normalized spacial score (nSPS) is 13.0. The molecule has 6 heteroatoms. The monoisotopic (exact) mass is 298 g/mol. The fourth-order valence-corrected chi connectivity index (χ4v) is 3.91. The molecule has 0 bridgehead atoms. The third-order valence-electron chi connectivity index (χ3n) is 1.70. The van der Waals surface area contributed by atoms with Gasteiger partial charge < -0.3 is 17.7 Å². The highest BCUT2D eigenvalue weighted by molar-refractivity contribution is 6.53. The third-order valence-corrected chi connectivity index (χ3v) is 4.80. The maximum Gasteiger partial charge on any atom is 0.680 e. The standard InChI is InChI=1S/C12H27ClO4Si/c1-10(2)15-18(16-11(3)4,17-12(5)6)14-9-7-8-13/h10-12H,7-9H2,1-6H3. The molecule has 0 saturated heterocycles. The molecule has 4 nitrogen and oxygen atoms in total. The van der Waals surface area contributed by atoms with Crippen LogP contribution in [0.1, 0.15) is 48.0 Å². The van der Waals surface area contributed by atoms with Gasteiger partial charge in [-0.3, -0.25) is 0 Å². The van der Waals surface area contributed by atoms with Gasteiger partial charge in [0, 0.05) is 30.8 Å². The average molecular weight is 299 g/mol. The molecule has 0 fully saturated rings. The van der Waals surface area contributed by atoms with Crippen LogP contribution in [0.5, 0.6) is 0 Å². The van der Waals surface area contributed by atoms with E-state index in [9.17, 15) is 0 Å². The van der Waals surface area contributed by atoms with Crippen LogP contribution < -0.4 is 0 Å². The number of halogens is 1. The molecular weight excluding hydrogens is 272 g/mol. The summed E-state index contributed by atoms with van der Waals surface area (Å²) in [6.07, 6.45) is 0.723. The second-order valence-electron chi connectivity index (χ2n) is 4.89. The van der Waals surface area contributed by atoms with Crippen LogP contribution in [-0.2, 0) is 17.7 Å². The Hall–Kier alpha value is 0.347. The zero-order valence-corrected chi connectivity index (χ0v) is 14.1. The molecule has 110 valence electrons. The Morgan fingerprint density at radius 1 is 0.833 bits per heavy atom. The van der Waals surface area contributed by atoms with E-state index in [4.69, 9.17) is 29.3 Å². The minimum atomic E-state index is -3.08. The van der Waals surface area contributed by atoms with Gasteiger partial charge in [-0.2, -0.15) is 0 Å².